The van der Waals surface area contributed by atoms with Crippen molar-refractivity contribution in [2.75, 3.05) is 5.32 Å². The molecule has 0 fully saturated rings. The Hall–Kier alpha value is -2.88. The van der Waals surface area contributed by atoms with Crippen molar-refractivity contribution in [2.45, 2.75) is 6.92 Å². The molecule has 28 heavy (non-hydrogen) atoms. The van der Waals surface area contributed by atoms with Gasteiger partial charge in [-0.05, 0) is 37.3 Å². The molecule has 5 heteroatoms. The molecule has 0 bridgehead atoms. The number of anilines is 1. The van der Waals surface area contributed by atoms with Crippen LogP contribution in [0.4, 0.5) is 5.69 Å². The predicted molar refractivity (Wildman–Crippen MR) is 116 cm³/mol. The summed E-state index contributed by atoms with van der Waals surface area (Å²) in [7, 11) is 0. The summed E-state index contributed by atoms with van der Waals surface area (Å²) < 4.78 is 0. The number of carbonyl (C=O) groups excluding carboxylic acids is 1. The van der Waals surface area contributed by atoms with E-state index >= 15 is 0 Å². The second kappa shape index (κ2) is 7.63. The van der Waals surface area contributed by atoms with E-state index in [2.05, 4.69) is 5.32 Å². The minimum Gasteiger partial charge on any atom is -0.322 e. The Balaban J connectivity index is 1.80. The molecule has 0 aliphatic rings. The zero-order valence-electron chi connectivity index (χ0n) is 15.0. The molecule has 1 N–H and O–H groups in total. The highest BCUT2D eigenvalue weighted by Crippen LogP contribution is 2.27. The Morgan fingerprint density at radius 1 is 0.893 bits per heavy atom. The van der Waals surface area contributed by atoms with E-state index in [4.69, 9.17) is 28.2 Å². The number of benzene rings is 3. The van der Waals surface area contributed by atoms with Gasteiger partial charge < -0.3 is 5.32 Å². The summed E-state index contributed by atoms with van der Waals surface area (Å²) >= 11 is 12.1. The van der Waals surface area contributed by atoms with Crippen molar-refractivity contribution in [1.29, 1.82) is 0 Å². The molecule has 138 valence electrons. The van der Waals surface area contributed by atoms with Crippen LogP contribution in [0.2, 0.25) is 10.0 Å². The first-order valence-corrected chi connectivity index (χ1v) is 9.49. The molecular formula is C23H16Cl2N2O. The second-order valence-electron chi connectivity index (χ2n) is 6.55. The van der Waals surface area contributed by atoms with Crippen molar-refractivity contribution < 1.29 is 4.79 Å². The van der Waals surface area contributed by atoms with Gasteiger partial charge in [-0.3, -0.25) is 4.79 Å². The first-order valence-electron chi connectivity index (χ1n) is 8.74. The van der Waals surface area contributed by atoms with E-state index in [0.29, 0.717) is 21.3 Å². The number of hydrogen-bond donors (Lipinski definition) is 1. The van der Waals surface area contributed by atoms with Crippen molar-refractivity contribution in [3.8, 4) is 11.3 Å². The van der Waals surface area contributed by atoms with Crippen LogP contribution < -0.4 is 5.32 Å². The maximum absolute atomic E-state index is 13.1. The van der Waals surface area contributed by atoms with E-state index in [-0.39, 0.29) is 5.91 Å². The van der Waals surface area contributed by atoms with Crippen LogP contribution in [0.1, 0.15) is 15.9 Å². The van der Waals surface area contributed by atoms with E-state index in [1.165, 1.54) is 5.56 Å². The number of rotatable bonds is 3. The highest BCUT2D eigenvalue weighted by Gasteiger charge is 2.14. The summed E-state index contributed by atoms with van der Waals surface area (Å²) in [6.45, 7) is 2.03. The third-order valence-electron chi connectivity index (χ3n) is 4.43. The zero-order chi connectivity index (χ0) is 19.7. The van der Waals surface area contributed by atoms with Gasteiger partial charge >= 0.3 is 0 Å². The molecule has 1 heterocycles. The van der Waals surface area contributed by atoms with Gasteiger partial charge in [-0.25, -0.2) is 4.98 Å². The van der Waals surface area contributed by atoms with Crippen LogP contribution in [0.25, 0.3) is 22.2 Å². The summed E-state index contributed by atoms with van der Waals surface area (Å²) in [4.78, 5) is 17.8. The largest absolute Gasteiger partial charge is 0.322 e. The maximum Gasteiger partial charge on any atom is 0.256 e. The van der Waals surface area contributed by atoms with Crippen molar-refractivity contribution in [3.63, 3.8) is 0 Å². The van der Waals surface area contributed by atoms with Gasteiger partial charge in [0.05, 0.1) is 16.8 Å². The molecule has 4 rings (SSSR count). The van der Waals surface area contributed by atoms with Crippen LogP contribution in [0.5, 0.6) is 0 Å². The van der Waals surface area contributed by atoms with E-state index in [9.17, 15) is 4.79 Å². The predicted octanol–water partition coefficient (Wildman–Crippen LogP) is 6.77. The Morgan fingerprint density at radius 2 is 1.57 bits per heavy atom. The molecule has 1 amide bonds. The SMILES string of the molecule is Cc1ccc(-c2cc(C(=O)Nc3cc(Cl)cc(Cl)c3)c3ccccc3n2)cc1. The Bertz CT molecular complexity index is 1170. The fourth-order valence-electron chi connectivity index (χ4n) is 3.06. The fraction of sp³-hybridized carbons (Fsp3) is 0.0435. The molecule has 4 aromatic rings. The van der Waals surface area contributed by atoms with E-state index < -0.39 is 0 Å². The molecule has 0 atom stereocenters. The molecular weight excluding hydrogens is 391 g/mol. The fourth-order valence-corrected chi connectivity index (χ4v) is 3.59. The van der Waals surface area contributed by atoms with Crippen molar-refractivity contribution in [2.24, 2.45) is 0 Å². The summed E-state index contributed by atoms with van der Waals surface area (Å²) in [5.74, 6) is -0.245. The van der Waals surface area contributed by atoms with Gasteiger partial charge in [0, 0.05) is 26.7 Å². The van der Waals surface area contributed by atoms with Crippen molar-refractivity contribution in [1.82, 2.24) is 4.98 Å². The molecule has 0 radical (unpaired) electrons. The van der Waals surface area contributed by atoms with Gasteiger partial charge in [0.2, 0.25) is 0 Å². The maximum atomic E-state index is 13.1. The average molecular weight is 407 g/mol. The summed E-state index contributed by atoms with van der Waals surface area (Å²) in [5, 5.41) is 4.59. The number of nitrogens with one attached hydrogen (secondary N) is 1. The van der Waals surface area contributed by atoms with Gasteiger partial charge in [0.25, 0.3) is 5.91 Å². The summed E-state index contributed by atoms with van der Waals surface area (Å²) in [5.41, 5.74) is 4.71. The van der Waals surface area contributed by atoms with Crippen LogP contribution >= 0.6 is 23.2 Å². The second-order valence-corrected chi connectivity index (χ2v) is 7.42. The number of aromatic nitrogens is 1. The number of hydrogen-bond acceptors (Lipinski definition) is 2. The normalized spacial score (nSPS) is 10.8. The quantitative estimate of drug-likeness (QED) is 0.407. The van der Waals surface area contributed by atoms with Crippen LogP contribution in [0.3, 0.4) is 0 Å². The lowest BCUT2D eigenvalue weighted by Crippen LogP contribution is -2.13. The highest BCUT2D eigenvalue weighted by atomic mass is 35.5. The van der Waals surface area contributed by atoms with Crippen molar-refractivity contribution >= 4 is 45.7 Å². The van der Waals surface area contributed by atoms with Gasteiger partial charge in [-0.2, -0.15) is 0 Å². The number of amides is 1. The molecule has 0 saturated heterocycles. The monoisotopic (exact) mass is 406 g/mol. The third kappa shape index (κ3) is 3.86. The summed E-state index contributed by atoms with van der Waals surface area (Å²) in [6.07, 6.45) is 0. The topological polar surface area (TPSA) is 42.0 Å². The lowest BCUT2D eigenvalue weighted by Gasteiger charge is -2.11. The lowest BCUT2D eigenvalue weighted by molar-refractivity contribution is 0.102. The standard InChI is InChI=1S/C23H16Cl2N2O/c1-14-6-8-15(9-7-14)22-13-20(19-4-2-3-5-21(19)27-22)23(28)26-18-11-16(24)10-17(25)12-18/h2-13H,1H3,(H,26,28). The van der Waals surface area contributed by atoms with Crippen molar-refractivity contribution in [3.05, 3.63) is 94.0 Å². The van der Waals surface area contributed by atoms with E-state index in [1.54, 1.807) is 18.2 Å². The van der Waals surface area contributed by atoms with E-state index in [0.717, 1.165) is 22.2 Å². The number of halogens is 2. The van der Waals surface area contributed by atoms with Crippen LogP contribution in [-0.2, 0) is 0 Å². The highest BCUT2D eigenvalue weighted by molar-refractivity contribution is 6.35. The minimum atomic E-state index is -0.245. The molecule has 0 aliphatic carbocycles. The summed E-state index contributed by atoms with van der Waals surface area (Å²) in [6, 6.07) is 22.4. The molecule has 1 aromatic heterocycles. The number of pyridine rings is 1. The smallest absolute Gasteiger partial charge is 0.256 e. The number of para-hydroxylation sites is 1. The van der Waals surface area contributed by atoms with Crippen LogP contribution in [0, 0.1) is 6.92 Å². The Kier molecular flexibility index (Phi) is 5.03. The zero-order valence-corrected chi connectivity index (χ0v) is 16.6. The van der Waals surface area contributed by atoms with Gasteiger partial charge in [0.15, 0.2) is 0 Å². The first kappa shape index (κ1) is 18.5. The molecule has 0 spiro atoms. The van der Waals surface area contributed by atoms with Crippen LogP contribution in [0.15, 0.2) is 72.8 Å². The van der Waals surface area contributed by atoms with E-state index in [1.807, 2.05) is 61.5 Å². The molecule has 0 aliphatic heterocycles. The molecule has 0 saturated carbocycles. The molecule has 3 nitrogen and oxygen atoms in total. The van der Waals surface area contributed by atoms with Gasteiger partial charge in [-0.15, -0.1) is 0 Å². The molecule has 0 unspecified atom stereocenters. The molecule has 3 aromatic carbocycles. The number of carbonyl (C=O) groups is 1. The number of aryl methyl sites for hydroxylation is 1. The van der Waals surface area contributed by atoms with Gasteiger partial charge in [0.1, 0.15) is 0 Å². The lowest BCUT2D eigenvalue weighted by atomic mass is 10.0. The van der Waals surface area contributed by atoms with Gasteiger partial charge in [-0.1, -0.05) is 71.2 Å². The Morgan fingerprint density at radius 3 is 2.29 bits per heavy atom. The minimum absolute atomic E-state index is 0.245. The Labute approximate surface area is 172 Å². The number of nitrogens with zero attached hydrogens (tertiary/aromatic N) is 1. The third-order valence-corrected chi connectivity index (χ3v) is 4.86. The number of fused-ring (bicyclic) bond motifs is 1. The first-order chi connectivity index (χ1) is 13.5. The average Bonchev–Trinajstić information content (AvgIpc) is 2.67. The van der Waals surface area contributed by atoms with Crippen LogP contribution in [-0.4, -0.2) is 10.9 Å².